The summed E-state index contributed by atoms with van der Waals surface area (Å²) in [6.45, 7) is 0.404. The molecule has 3 unspecified atom stereocenters. The minimum Gasteiger partial charge on any atom is -0.481 e. The predicted molar refractivity (Wildman–Crippen MR) is 117 cm³/mol. The van der Waals surface area contributed by atoms with Crippen molar-refractivity contribution in [2.24, 2.45) is 11.5 Å². The van der Waals surface area contributed by atoms with E-state index in [1.54, 1.807) is 6.20 Å². The maximum Gasteiger partial charge on any atom is 0.326 e. The summed E-state index contributed by atoms with van der Waals surface area (Å²) in [6.07, 6.45) is 2.45. The summed E-state index contributed by atoms with van der Waals surface area (Å²) in [5, 5.41) is 24.1. The number of rotatable bonds is 13. The van der Waals surface area contributed by atoms with Crippen molar-refractivity contribution in [1.29, 1.82) is 0 Å². The Labute approximate surface area is 184 Å². The van der Waals surface area contributed by atoms with Crippen LogP contribution in [0.25, 0.3) is 10.9 Å². The van der Waals surface area contributed by atoms with Gasteiger partial charge in [0.1, 0.15) is 12.1 Å². The lowest BCUT2D eigenvalue weighted by molar-refractivity contribution is -0.143. The van der Waals surface area contributed by atoms with Crippen LogP contribution in [0.1, 0.15) is 31.2 Å². The molecule has 0 bridgehead atoms. The SMILES string of the molecule is NCCCCC(NC(=O)C(Cc1c[nH]c2ccccc12)NC(=O)C(N)CC(=O)O)C(=O)O. The number of carboxylic acid groups (broad SMARTS) is 2. The summed E-state index contributed by atoms with van der Waals surface area (Å²) >= 11 is 0. The Hall–Kier alpha value is -3.44. The molecule has 32 heavy (non-hydrogen) atoms. The number of nitrogens with two attached hydrogens (primary N) is 2. The standard InChI is InChI=1S/C21H29N5O6/c22-8-4-3-7-16(21(31)32)25-20(30)17(26-19(29)14(23)10-18(27)28)9-12-11-24-15-6-2-1-5-13(12)15/h1-2,5-6,11,14,16-17,24H,3-4,7-10,22-23H2,(H,25,30)(H,26,29)(H,27,28)(H,31,32). The lowest BCUT2D eigenvalue weighted by Crippen LogP contribution is -2.55. The smallest absolute Gasteiger partial charge is 0.326 e. The molecule has 2 aromatic rings. The lowest BCUT2D eigenvalue weighted by Gasteiger charge is -2.22. The van der Waals surface area contributed by atoms with Crippen LogP contribution in [0.3, 0.4) is 0 Å². The van der Waals surface area contributed by atoms with Crippen molar-refractivity contribution in [3.63, 3.8) is 0 Å². The number of aromatic nitrogens is 1. The molecule has 0 aliphatic carbocycles. The molecule has 0 aliphatic heterocycles. The number of nitrogens with one attached hydrogen (secondary N) is 3. The third kappa shape index (κ3) is 7.06. The molecule has 1 heterocycles. The highest BCUT2D eigenvalue weighted by Crippen LogP contribution is 2.19. The number of para-hydroxylation sites is 1. The molecule has 0 spiro atoms. The molecule has 1 aromatic carbocycles. The Morgan fingerprint density at radius 1 is 1.00 bits per heavy atom. The molecule has 0 fully saturated rings. The molecule has 11 heteroatoms. The normalized spacial score (nSPS) is 13.8. The van der Waals surface area contributed by atoms with E-state index >= 15 is 0 Å². The third-order valence-corrected chi connectivity index (χ3v) is 5.02. The molecule has 3 atom stereocenters. The van der Waals surface area contributed by atoms with Gasteiger partial charge in [0.2, 0.25) is 11.8 Å². The zero-order valence-electron chi connectivity index (χ0n) is 17.5. The number of benzene rings is 1. The largest absolute Gasteiger partial charge is 0.481 e. The van der Waals surface area contributed by atoms with E-state index in [1.165, 1.54) is 0 Å². The Kier molecular flexibility index (Phi) is 9.17. The lowest BCUT2D eigenvalue weighted by atomic mass is 10.0. The Balaban J connectivity index is 2.21. The van der Waals surface area contributed by atoms with Crippen molar-refractivity contribution in [1.82, 2.24) is 15.6 Å². The zero-order chi connectivity index (χ0) is 23.7. The van der Waals surface area contributed by atoms with Crippen molar-refractivity contribution in [2.45, 2.75) is 50.2 Å². The van der Waals surface area contributed by atoms with Gasteiger partial charge in [0.25, 0.3) is 0 Å². The van der Waals surface area contributed by atoms with Gasteiger partial charge in [-0.05, 0) is 37.4 Å². The number of hydrogen-bond donors (Lipinski definition) is 7. The minimum atomic E-state index is -1.36. The number of carbonyl (C=O) groups excluding carboxylic acids is 2. The van der Waals surface area contributed by atoms with E-state index in [0.29, 0.717) is 19.4 Å². The molecule has 9 N–H and O–H groups in total. The molecule has 0 saturated carbocycles. The average molecular weight is 447 g/mol. The first-order valence-electron chi connectivity index (χ1n) is 10.3. The van der Waals surface area contributed by atoms with E-state index in [4.69, 9.17) is 16.6 Å². The fourth-order valence-corrected chi connectivity index (χ4v) is 3.31. The summed E-state index contributed by atoms with van der Waals surface area (Å²) in [5.41, 5.74) is 12.6. The average Bonchev–Trinajstić information content (AvgIpc) is 3.14. The number of fused-ring (bicyclic) bond motifs is 1. The second-order valence-corrected chi connectivity index (χ2v) is 7.51. The van der Waals surface area contributed by atoms with Crippen molar-refractivity contribution >= 4 is 34.7 Å². The van der Waals surface area contributed by atoms with E-state index in [-0.39, 0.29) is 12.8 Å². The number of aromatic amines is 1. The van der Waals surface area contributed by atoms with Crippen LogP contribution in [-0.2, 0) is 25.6 Å². The summed E-state index contributed by atoms with van der Waals surface area (Å²) < 4.78 is 0. The fourth-order valence-electron chi connectivity index (χ4n) is 3.31. The molecule has 11 nitrogen and oxygen atoms in total. The van der Waals surface area contributed by atoms with Gasteiger partial charge in [-0.15, -0.1) is 0 Å². The van der Waals surface area contributed by atoms with Crippen LogP contribution in [0.5, 0.6) is 0 Å². The Morgan fingerprint density at radius 2 is 1.69 bits per heavy atom. The maximum atomic E-state index is 13.0. The molecule has 0 radical (unpaired) electrons. The third-order valence-electron chi connectivity index (χ3n) is 5.02. The predicted octanol–water partition coefficient (Wildman–Crippen LogP) is -0.304. The van der Waals surface area contributed by atoms with Crippen molar-refractivity contribution in [2.75, 3.05) is 6.54 Å². The topological polar surface area (TPSA) is 201 Å². The van der Waals surface area contributed by atoms with Crippen molar-refractivity contribution in [3.05, 3.63) is 36.0 Å². The van der Waals surface area contributed by atoms with E-state index in [2.05, 4.69) is 15.6 Å². The number of H-pyrrole nitrogens is 1. The van der Waals surface area contributed by atoms with Gasteiger partial charge in [-0.3, -0.25) is 14.4 Å². The van der Waals surface area contributed by atoms with Crippen LogP contribution in [0.15, 0.2) is 30.5 Å². The van der Waals surface area contributed by atoms with Gasteiger partial charge in [0.15, 0.2) is 0 Å². The number of unbranched alkanes of at least 4 members (excludes halogenated alkanes) is 1. The minimum absolute atomic E-state index is 0.0521. The maximum absolute atomic E-state index is 13.0. The quantitative estimate of drug-likeness (QED) is 0.203. The second-order valence-electron chi connectivity index (χ2n) is 7.51. The molecular formula is C21H29N5O6. The molecule has 2 rings (SSSR count). The number of hydrogen-bond acceptors (Lipinski definition) is 6. The first-order chi connectivity index (χ1) is 15.2. The van der Waals surface area contributed by atoms with Crippen LogP contribution in [0, 0.1) is 0 Å². The van der Waals surface area contributed by atoms with Crippen molar-refractivity contribution in [3.8, 4) is 0 Å². The Bertz CT molecular complexity index is 959. The Morgan fingerprint density at radius 3 is 2.34 bits per heavy atom. The summed E-state index contributed by atoms with van der Waals surface area (Å²) in [7, 11) is 0. The number of carboxylic acids is 2. The number of aliphatic carboxylic acids is 2. The number of carbonyl (C=O) groups is 4. The van der Waals surface area contributed by atoms with Crippen LogP contribution in [-0.4, -0.2) is 63.6 Å². The van der Waals surface area contributed by atoms with Crippen LogP contribution in [0.4, 0.5) is 0 Å². The first kappa shape index (κ1) is 24.8. The van der Waals surface area contributed by atoms with Gasteiger partial charge in [-0.25, -0.2) is 4.79 Å². The van der Waals surface area contributed by atoms with Gasteiger partial charge >= 0.3 is 11.9 Å². The number of amides is 2. The highest BCUT2D eigenvalue weighted by atomic mass is 16.4. The van der Waals surface area contributed by atoms with E-state index in [9.17, 15) is 24.3 Å². The highest BCUT2D eigenvalue weighted by molar-refractivity contribution is 5.93. The highest BCUT2D eigenvalue weighted by Gasteiger charge is 2.29. The van der Waals surface area contributed by atoms with E-state index < -0.39 is 48.3 Å². The van der Waals surface area contributed by atoms with Gasteiger partial charge in [-0.2, -0.15) is 0 Å². The van der Waals surface area contributed by atoms with Crippen molar-refractivity contribution < 1.29 is 29.4 Å². The van der Waals surface area contributed by atoms with Gasteiger partial charge < -0.3 is 37.3 Å². The molecular weight excluding hydrogens is 418 g/mol. The summed E-state index contributed by atoms with van der Waals surface area (Å²) in [5.74, 6) is -3.97. The molecule has 0 aliphatic rings. The van der Waals surface area contributed by atoms with E-state index in [0.717, 1.165) is 16.5 Å². The monoisotopic (exact) mass is 447 g/mol. The van der Waals surface area contributed by atoms with Gasteiger partial charge in [-0.1, -0.05) is 18.2 Å². The molecule has 174 valence electrons. The van der Waals surface area contributed by atoms with Gasteiger partial charge in [0.05, 0.1) is 12.5 Å². The van der Waals surface area contributed by atoms with Crippen LogP contribution < -0.4 is 22.1 Å². The van der Waals surface area contributed by atoms with Crippen LogP contribution in [0.2, 0.25) is 0 Å². The molecule has 2 amide bonds. The van der Waals surface area contributed by atoms with Crippen LogP contribution >= 0.6 is 0 Å². The van der Waals surface area contributed by atoms with E-state index in [1.807, 2.05) is 24.3 Å². The summed E-state index contributed by atoms with van der Waals surface area (Å²) in [6, 6.07) is 3.72. The summed E-state index contributed by atoms with van der Waals surface area (Å²) in [4.78, 5) is 50.9. The van der Waals surface area contributed by atoms with Gasteiger partial charge in [0, 0.05) is 23.5 Å². The fraction of sp³-hybridized carbons (Fsp3) is 0.429. The second kappa shape index (κ2) is 11.8. The zero-order valence-corrected chi connectivity index (χ0v) is 17.5. The molecule has 1 aromatic heterocycles. The first-order valence-corrected chi connectivity index (χ1v) is 10.3. The molecule has 0 saturated heterocycles.